The molecule has 0 N–H and O–H groups in total. The van der Waals surface area contributed by atoms with Gasteiger partial charge in [-0.25, -0.2) is 19.5 Å². The molecular formula is C15H19ClN6O3. The average Bonchev–Trinajstić information content (AvgIpc) is 2.51. The smallest absolute Gasteiger partial charge is 0.312 e. The number of hydrogen-bond donors (Lipinski definition) is 0. The first kappa shape index (κ1) is 18.8. The zero-order valence-corrected chi connectivity index (χ0v) is 15.4. The Balaban J connectivity index is 2.53. The molecular weight excluding hydrogens is 348 g/mol. The van der Waals surface area contributed by atoms with Gasteiger partial charge in [0.05, 0.1) is 18.0 Å². The predicted molar refractivity (Wildman–Crippen MR) is 94.0 cm³/mol. The van der Waals surface area contributed by atoms with E-state index in [2.05, 4.69) is 19.9 Å². The highest BCUT2D eigenvalue weighted by atomic mass is 35.5. The molecule has 0 aliphatic heterocycles. The molecule has 2 aromatic rings. The van der Waals surface area contributed by atoms with Crippen LogP contribution < -0.4 is 5.56 Å². The molecule has 0 bridgehead atoms. The molecule has 0 amide bonds. The van der Waals surface area contributed by atoms with Crippen molar-refractivity contribution in [3.8, 4) is 0 Å². The Labute approximate surface area is 149 Å². The molecule has 0 saturated heterocycles. The quantitative estimate of drug-likeness (QED) is 0.460. The van der Waals surface area contributed by atoms with Crippen molar-refractivity contribution in [1.82, 2.24) is 24.4 Å². The molecule has 25 heavy (non-hydrogen) atoms. The summed E-state index contributed by atoms with van der Waals surface area (Å²) in [6, 6.07) is 0. The lowest BCUT2D eigenvalue weighted by Gasteiger charge is -2.17. The Hall–Kier alpha value is -2.55. The summed E-state index contributed by atoms with van der Waals surface area (Å²) in [7, 11) is 3.54. The minimum absolute atomic E-state index is 0.0249. The van der Waals surface area contributed by atoms with Crippen LogP contribution in [0.2, 0.25) is 5.15 Å². The van der Waals surface area contributed by atoms with E-state index in [-0.39, 0.29) is 29.0 Å². The minimum atomic E-state index is -0.704. The molecule has 0 atom stereocenters. The lowest BCUT2D eigenvalue weighted by atomic mass is 9.98. The van der Waals surface area contributed by atoms with Crippen molar-refractivity contribution in [2.45, 2.75) is 27.5 Å². The van der Waals surface area contributed by atoms with Gasteiger partial charge in [0.2, 0.25) is 5.95 Å². The maximum Gasteiger partial charge on any atom is 0.312 e. The molecule has 134 valence electrons. The van der Waals surface area contributed by atoms with Crippen LogP contribution in [0.15, 0.2) is 16.0 Å². The lowest BCUT2D eigenvalue weighted by molar-refractivity contribution is -0.157. The van der Waals surface area contributed by atoms with E-state index < -0.39 is 16.9 Å². The van der Waals surface area contributed by atoms with E-state index in [1.54, 1.807) is 39.8 Å². The maximum atomic E-state index is 12.7. The van der Waals surface area contributed by atoms with Gasteiger partial charge in [-0.1, -0.05) is 11.6 Å². The second-order valence-electron chi connectivity index (χ2n) is 6.53. The van der Waals surface area contributed by atoms with Crippen molar-refractivity contribution in [2.24, 2.45) is 10.4 Å². The van der Waals surface area contributed by atoms with Gasteiger partial charge in [0, 0.05) is 14.1 Å². The molecule has 2 aromatic heterocycles. The van der Waals surface area contributed by atoms with Crippen LogP contribution in [0.25, 0.3) is 11.2 Å². The summed E-state index contributed by atoms with van der Waals surface area (Å²) in [5.41, 5.74) is -1.17. The summed E-state index contributed by atoms with van der Waals surface area (Å²) in [5, 5.41) is 0.0641. The summed E-state index contributed by atoms with van der Waals surface area (Å²) < 4.78 is 6.32. The van der Waals surface area contributed by atoms with Gasteiger partial charge in [-0.05, 0) is 20.8 Å². The highest BCUT2D eigenvalue weighted by Crippen LogP contribution is 2.17. The number of carbonyl (C=O) groups excluding carboxylic acids is 1. The van der Waals surface area contributed by atoms with E-state index >= 15 is 0 Å². The van der Waals surface area contributed by atoms with Gasteiger partial charge < -0.3 is 9.64 Å². The Morgan fingerprint density at radius 2 is 2.08 bits per heavy atom. The molecule has 0 aliphatic rings. The third-order valence-corrected chi connectivity index (χ3v) is 3.14. The first-order valence-corrected chi connectivity index (χ1v) is 7.78. The zero-order valence-electron chi connectivity index (χ0n) is 14.6. The van der Waals surface area contributed by atoms with Crippen LogP contribution in [0.4, 0.5) is 5.95 Å². The van der Waals surface area contributed by atoms with Gasteiger partial charge in [-0.15, -0.1) is 0 Å². The molecule has 0 spiro atoms. The maximum absolute atomic E-state index is 12.7. The molecule has 10 heteroatoms. The Morgan fingerprint density at radius 3 is 2.68 bits per heavy atom. The molecule has 0 saturated carbocycles. The number of ether oxygens (including phenoxy) is 1. The highest BCUT2D eigenvalue weighted by Gasteiger charge is 2.24. The van der Waals surface area contributed by atoms with Gasteiger partial charge >= 0.3 is 5.97 Å². The third-order valence-electron chi connectivity index (χ3n) is 2.96. The van der Waals surface area contributed by atoms with Crippen LogP contribution in [-0.2, 0) is 16.3 Å². The molecule has 9 nitrogen and oxygen atoms in total. The van der Waals surface area contributed by atoms with Crippen LogP contribution in [0.3, 0.4) is 0 Å². The van der Waals surface area contributed by atoms with Gasteiger partial charge in [0.15, 0.2) is 17.9 Å². The first-order valence-electron chi connectivity index (χ1n) is 7.40. The fraction of sp³-hybridized carbons (Fsp3) is 0.467. The van der Waals surface area contributed by atoms with Gasteiger partial charge in [0.25, 0.3) is 5.56 Å². The van der Waals surface area contributed by atoms with E-state index in [1.807, 2.05) is 0 Å². The van der Waals surface area contributed by atoms with Crippen LogP contribution in [0.1, 0.15) is 20.8 Å². The van der Waals surface area contributed by atoms with Crippen molar-refractivity contribution in [1.29, 1.82) is 0 Å². The fourth-order valence-corrected chi connectivity index (χ4v) is 1.82. The third kappa shape index (κ3) is 4.50. The summed E-state index contributed by atoms with van der Waals surface area (Å²) in [4.78, 5) is 42.6. The highest BCUT2D eigenvalue weighted by molar-refractivity contribution is 6.29. The number of esters is 1. The van der Waals surface area contributed by atoms with Crippen LogP contribution in [-0.4, -0.2) is 50.8 Å². The number of halogens is 1. The molecule has 0 aromatic carbocycles. The SMILES string of the molecule is CN(C)/C=N/c1nc2ncc(Cl)nc2c(=O)n1COC(=O)C(C)(C)C. The number of rotatable bonds is 4. The molecule has 0 aliphatic carbocycles. The summed E-state index contributed by atoms with van der Waals surface area (Å²) in [6.45, 7) is 4.81. The van der Waals surface area contributed by atoms with E-state index in [0.717, 1.165) is 4.57 Å². The number of fused-ring (bicyclic) bond motifs is 1. The van der Waals surface area contributed by atoms with E-state index in [9.17, 15) is 9.59 Å². The number of nitrogens with zero attached hydrogens (tertiary/aromatic N) is 6. The second kappa shape index (κ2) is 7.14. The topological polar surface area (TPSA) is 103 Å². The lowest BCUT2D eigenvalue weighted by Crippen LogP contribution is -2.29. The van der Waals surface area contributed by atoms with Crippen LogP contribution >= 0.6 is 11.6 Å². The molecule has 0 fully saturated rings. The average molecular weight is 367 g/mol. The van der Waals surface area contributed by atoms with Crippen molar-refractivity contribution >= 4 is 41.0 Å². The van der Waals surface area contributed by atoms with Gasteiger partial charge in [-0.3, -0.25) is 9.59 Å². The zero-order chi connectivity index (χ0) is 18.8. The van der Waals surface area contributed by atoms with Crippen LogP contribution in [0.5, 0.6) is 0 Å². The van der Waals surface area contributed by atoms with Crippen molar-refractivity contribution in [3.63, 3.8) is 0 Å². The van der Waals surface area contributed by atoms with Crippen molar-refractivity contribution in [2.75, 3.05) is 14.1 Å². The monoisotopic (exact) mass is 366 g/mol. The fourth-order valence-electron chi connectivity index (χ4n) is 1.68. The van der Waals surface area contributed by atoms with Crippen molar-refractivity contribution in [3.05, 3.63) is 21.7 Å². The summed E-state index contributed by atoms with van der Waals surface area (Å²) >= 11 is 5.80. The van der Waals surface area contributed by atoms with Crippen LogP contribution in [0, 0.1) is 5.41 Å². The molecule has 0 unspecified atom stereocenters. The molecule has 2 heterocycles. The standard InChI is InChI=1S/C15H19ClN6O3/c1-15(2,3)13(24)25-8-22-12(23)10-11(17-6-9(16)19-10)20-14(22)18-7-21(4)5/h6-7H,8H2,1-5H3/b18-7+. The number of hydrogen-bond acceptors (Lipinski definition) is 7. The van der Waals surface area contributed by atoms with Crippen molar-refractivity contribution < 1.29 is 9.53 Å². The normalized spacial score (nSPS) is 11.9. The van der Waals surface area contributed by atoms with E-state index in [0.29, 0.717) is 0 Å². The summed E-state index contributed by atoms with van der Waals surface area (Å²) in [6.07, 6.45) is 2.76. The van der Waals surface area contributed by atoms with E-state index in [4.69, 9.17) is 16.3 Å². The Bertz CT molecular complexity index is 885. The second-order valence-corrected chi connectivity index (χ2v) is 6.92. The minimum Gasteiger partial charge on any atom is -0.443 e. The molecule has 2 rings (SSSR count). The molecule has 0 radical (unpaired) electrons. The first-order chi connectivity index (χ1) is 11.6. The number of aliphatic imine (C=N–C) groups is 1. The van der Waals surface area contributed by atoms with Gasteiger partial charge in [0.1, 0.15) is 5.15 Å². The number of aromatic nitrogens is 4. The summed E-state index contributed by atoms with van der Waals surface area (Å²) in [5.74, 6) is -0.413. The Morgan fingerprint density at radius 1 is 1.40 bits per heavy atom. The number of carbonyl (C=O) groups is 1. The predicted octanol–water partition coefficient (Wildman–Crippen LogP) is 1.61. The van der Waals surface area contributed by atoms with E-state index in [1.165, 1.54) is 12.5 Å². The Kier molecular flexibility index (Phi) is 5.36. The largest absolute Gasteiger partial charge is 0.443 e. The van der Waals surface area contributed by atoms with Gasteiger partial charge in [-0.2, -0.15) is 4.98 Å².